The van der Waals surface area contributed by atoms with Crippen molar-refractivity contribution >= 4 is 22.5 Å². The zero-order chi connectivity index (χ0) is 19.8. The number of piperidine rings is 1. The molecule has 0 bridgehead atoms. The lowest BCUT2D eigenvalue weighted by atomic mass is 9.87. The molecule has 2 heterocycles. The van der Waals surface area contributed by atoms with Crippen molar-refractivity contribution in [3.8, 4) is 0 Å². The van der Waals surface area contributed by atoms with E-state index in [-0.39, 0.29) is 17.6 Å². The minimum Gasteiger partial charge on any atom is -0.342 e. The van der Waals surface area contributed by atoms with Gasteiger partial charge >= 0.3 is 0 Å². The van der Waals surface area contributed by atoms with Crippen LogP contribution in [-0.4, -0.2) is 49.9 Å². The lowest BCUT2D eigenvalue weighted by molar-refractivity contribution is -0.132. The summed E-state index contributed by atoms with van der Waals surface area (Å²) in [4.78, 5) is 27.9. The molecule has 0 N–H and O–H groups in total. The lowest BCUT2D eigenvalue weighted by Gasteiger charge is -2.32. The summed E-state index contributed by atoms with van der Waals surface area (Å²) in [5, 5.41) is 13.3. The number of hydrogen-bond acceptors (Lipinski definition) is 5. The first-order chi connectivity index (χ1) is 14.2. The van der Waals surface area contributed by atoms with Crippen molar-refractivity contribution < 1.29 is 9.59 Å². The van der Waals surface area contributed by atoms with E-state index in [4.69, 9.17) is 0 Å². The maximum Gasteiger partial charge on any atom is 0.224 e. The molecule has 7 heteroatoms. The van der Waals surface area contributed by atoms with Crippen molar-refractivity contribution in [3.63, 3.8) is 0 Å². The van der Waals surface area contributed by atoms with Gasteiger partial charge in [-0.1, -0.05) is 30.3 Å². The number of likely N-dealkylation sites (tertiary alicyclic amines) is 1. The fraction of sp³-hybridized carbons (Fsp3) is 0.409. The van der Waals surface area contributed by atoms with Gasteiger partial charge in [0.1, 0.15) is 6.33 Å². The smallest absolute Gasteiger partial charge is 0.224 e. The molecule has 1 saturated heterocycles. The minimum atomic E-state index is -0.140. The van der Waals surface area contributed by atoms with Crippen LogP contribution in [-0.2, 0) is 24.2 Å². The van der Waals surface area contributed by atoms with Gasteiger partial charge in [0.25, 0.3) is 0 Å². The number of hydrogen-bond donors (Lipinski definition) is 0. The summed E-state index contributed by atoms with van der Waals surface area (Å²) in [7, 11) is 0. The maximum absolute atomic E-state index is 13.4. The number of amides is 1. The largest absolute Gasteiger partial charge is 0.342 e. The normalized spacial score (nSPS) is 18.3. The number of nitrogens with zero attached hydrogens (tertiary/aromatic N) is 5. The third-order valence-electron chi connectivity index (χ3n) is 6.23. The topological polar surface area (TPSA) is 81.0 Å². The summed E-state index contributed by atoms with van der Waals surface area (Å²) in [6, 6.07) is 10.4. The van der Waals surface area contributed by atoms with E-state index >= 15 is 0 Å². The number of aromatic nitrogens is 4. The third kappa shape index (κ3) is 3.30. The number of rotatable bonds is 5. The summed E-state index contributed by atoms with van der Waals surface area (Å²) in [5.41, 5.74) is 3.49. The Kier molecular flexibility index (Phi) is 4.58. The average Bonchev–Trinajstić information content (AvgIpc) is 3.43. The zero-order valence-electron chi connectivity index (χ0n) is 16.3. The van der Waals surface area contributed by atoms with E-state index in [2.05, 4.69) is 39.8 Å². The van der Waals surface area contributed by atoms with E-state index in [1.54, 1.807) is 4.68 Å². The first-order valence-electron chi connectivity index (χ1n) is 10.3. The van der Waals surface area contributed by atoms with Gasteiger partial charge in [0.2, 0.25) is 5.91 Å². The Bertz CT molecular complexity index is 1070. The van der Waals surface area contributed by atoms with Gasteiger partial charge in [-0.2, -0.15) is 0 Å². The number of carbonyl (C=O) groups is 2. The van der Waals surface area contributed by atoms with Crippen LogP contribution in [0.3, 0.4) is 0 Å². The van der Waals surface area contributed by atoms with Gasteiger partial charge in [-0.15, -0.1) is 5.10 Å². The van der Waals surface area contributed by atoms with E-state index < -0.39 is 0 Å². The molecule has 3 aromatic rings. The average molecular weight is 389 g/mol. The highest BCUT2D eigenvalue weighted by molar-refractivity contribution is 6.11. The maximum atomic E-state index is 13.4. The molecule has 29 heavy (non-hydrogen) atoms. The number of Topliss-reactive ketones (excluding diaryl/α,β-unsaturated/α-hetero) is 1. The Morgan fingerprint density at radius 1 is 1.10 bits per heavy atom. The Morgan fingerprint density at radius 2 is 1.97 bits per heavy atom. The monoisotopic (exact) mass is 389 g/mol. The van der Waals surface area contributed by atoms with Crippen LogP contribution in [0.1, 0.15) is 40.7 Å². The van der Waals surface area contributed by atoms with Crippen LogP contribution in [0.5, 0.6) is 0 Å². The Labute approximate surface area is 168 Å². The zero-order valence-corrected chi connectivity index (χ0v) is 16.3. The molecule has 1 amide bonds. The van der Waals surface area contributed by atoms with Gasteiger partial charge in [-0.05, 0) is 58.0 Å². The summed E-state index contributed by atoms with van der Waals surface area (Å²) in [6.07, 6.45) is 5.64. The van der Waals surface area contributed by atoms with Crippen molar-refractivity contribution in [3.05, 3.63) is 53.3 Å². The van der Waals surface area contributed by atoms with E-state index in [0.29, 0.717) is 26.1 Å². The predicted octanol–water partition coefficient (Wildman–Crippen LogP) is 2.44. The number of aryl methyl sites for hydroxylation is 3. The van der Waals surface area contributed by atoms with Crippen LogP contribution < -0.4 is 0 Å². The van der Waals surface area contributed by atoms with Crippen molar-refractivity contribution in [1.29, 1.82) is 0 Å². The van der Waals surface area contributed by atoms with Crippen LogP contribution in [0.4, 0.5) is 0 Å². The standard InChI is InChI=1S/C22H23N5O2/c28-20(10-12-27-14-23-24-25-27)26-11-2-4-17(13-26)22(29)19-9-8-16-7-6-15-3-1-5-18(19)21(15)16/h1,3,5,8-9,14,17H,2,4,6-7,10-13H2. The molecule has 5 rings (SSSR count). The Balaban J connectivity index is 1.33. The molecule has 1 aliphatic heterocycles. The molecule has 1 unspecified atom stereocenters. The number of benzene rings is 2. The molecule has 0 saturated carbocycles. The van der Waals surface area contributed by atoms with Crippen LogP contribution in [0.25, 0.3) is 10.8 Å². The van der Waals surface area contributed by atoms with Crippen molar-refractivity contribution in [1.82, 2.24) is 25.1 Å². The molecule has 1 aliphatic carbocycles. The predicted molar refractivity (Wildman–Crippen MR) is 107 cm³/mol. The fourth-order valence-electron chi connectivity index (χ4n) is 4.75. The quantitative estimate of drug-likeness (QED) is 0.626. The van der Waals surface area contributed by atoms with E-state index in [1.165, 1.54) is 22.8 Å². The van der Waals surface area contributed by atoms with E-state index in [9.17, 15) is 9.59 Å². The summed E-state index contributed by atoms with van der Waals surface area (Å²) in [6.45, 7) is 1.66. The second kappa shape index (κ2) is 7.39. The molecule has 1 atom stereocenters. The molecule has 148 valence electrons. The molecular weight excluding hydrogens is 366 g/mol. The molecular formula is C22H23N5O2. The van der Waals surface area contributed by atoms with E-state index in [0.717, 1.165) is 36.6 Å². The molecule has 0 spiro atoms. The minimum absolute atomic E-state index is 0.0541. The second-order valence-corrected chi connectivity index (χ2v) is 7.98. The lowest BCUT2D eigenvalue weighted by Crippen LogP contribution is -2.42. The van der Waals surface area contributed by atoms with Crippen LogP contribution in [0.15, 0.2) is 36.7 Å². The van der Waals surface area contributed by atoms with Crippen molar-refractivity contribution in [2.45, 2.75) is 38.6 Å². The second-order valence-electron chi connectivity index (χ2n) is 7.98. The molecule has 1 aromatic heterocycles. The number of ketones is 1. The molecule has 7 nitrogen and oxygen atoms in total. The van der Waals surface area contributed by atoms with Gasteiger partial charge in [0, 0.05) is 31.0 Å². The third-order valence-corrected chi connectivity index (χ3v) is 6.23. The van der Waals surface area contributed by atoms with Crippen LogP contribution in [0, 0.1) is 5.92 Å². The van der Waals surface area contributed by atoms with Crippen molar-refractivity contribution in [2.24, 2.45) is 5.92 Å². The number of carbonyl (C=O) groups excluding carboxylic acids is 2. The highest BCUT2D eigenvalue weighted by Gasteiger charge is 2.30. The molecule has 2 aliphatic rings. The first kappa shape index (κ1) is 18.0. The van der Waals surface area contributed by atoms with Crippen molar-refractivity contribution in [2.75, 3.05) is 13.1 Å². The van der Waals surface area contributed by atoms with Gasteiger partial charge in [0.15, 0.2) is 5.78 Å². The summed E-state index contributed by atoms with van der Waals surface area (Å²) >= 11 is 0. The number of tetrazole rings is 1. The molecule has 2 aromatic carbocycles. The molecule has 0 radical (unpaired) electrons. The summed E-state index contributed by atoms with van der Waals surface area (Å²) in [5.74, 6) is 0.0798. The first-order valence-corrected chi connectivity index (χ1v) is 10.3. The Hall–Kier alpha value is -3.09. The SMILES string of the molecule is O=C(c1ccc2c3c(cccc13)CC2)C1CCCN(C(=O)CCn2cnnn2)C1. The van der Waals surface area contributed by atoms with E-state index in [1.807, 2.05) is 11.0 Å². The van der Waals surface area contributed by atoms with Crippen LogP contribution in [0.2, 0.25) is 0 Å². The summed E-state index contributed by atoms with van der Waals surface area (Å²) < 4.78 is 1.55. The fourth-order valence-corrected chi connectivity index (χ4v) is 4.75. The Morgan fingerprint density at radius 3 is 2.79 bits per heavy atom. The molecule has 1 fully saturated rings. The van der Waals surface area contributed by atoms with Gasteiger partial charge in [-0.25, -0.2) is 4.68 Å². The van der Waals surface area contributed by atoms with Gasteiger partial charge in [0.05, 0.1) is 6.54 Å². The van der Waals surface area contributed by atoms with Gasteiger partial charge in [-0.3, -0.25) is 9.59 Å². The van der Waals surface area contributed by atoms with Crippen LogP contribution >= 0.6 is 0 Å². The highest BCUT2D eigenvalue weighted by atomic mass is 16.2. The highest BCUT2D eigenvalue weighted by Crippen LogP contribution is 2.34. The van der Waals surface area contributed by atoms with Gasteiger partial charge < -0.3 is 4.90 Å².